The van der Waals surface area contributed by atoms with Crippen LogP contribution in [0, 0.1) is 12.7 Å². The first-order chi connectivity index (χ1) is 9.10. The van der Waals surface area contributed by atoms with Gasteiger partial charge in [0.25, 0.3) is 0 Å². The summed E-state index contributed by atoms with van der Waals surface area (Å²) in [5.41, 5.74) is 7.68. The van der Waals surface area contributed by atoms with E-state index >= 15 is 0 Å². The van der Waals surface area contributed by atoms with Gasteiger partial charge in [-0.05, 0) is 37.0 Å². The van der Waals surface area contributed by atoms with E-state index in [4.69, 9.17) is 10.5 Å². The molecule has 4 heteroatoms. The summed E-state index contributed by atoms with van der Waals surface area (Å²) in [6.45, 7) is 4.75. The quantitative estimate of drug-likeness (QED) is 0.888. The first kappa shape index (κ1) is 14.4. The zero-order chi connectivity index (χ0) is 13.8. The van der Waals surface area contributed by atoms with E-state index in [1.54, 1.807) is 26.2 Å². The average Bonchev–Trinajstić information content (AvgIpc) is 2.87. The molecule has 0 spiro atoms. The lowest BCUT2D eigenvalue weighted by Crippen LogP contribution is -2.26. The number of likely N-dealkylation sites (tertiary alicyclic amines) is 1. The SMILES string of the molecule is COC1CCN(CCC(N)c2ccc(C)c(F)c2)C1. The normalized spacial score (nSPS) is 21.8. The molecular weight excluding hydrogens is 243 g/mol. The van der Waals surface area contributed by atoms with Crippen molar-refractivity contribution in [3.05, 3.63) is 35.1 Å². The molecule has 1 saturated heterocycles. The van der Waals surface area contributed by atoms with Crippen LogP contribution in [-0.4, -0.2) is 37.7 Å². The number of halogens is 1. The van der Waals surface area contributed by atoms with Gasteiger partial charge in [-0.25, -0.2) is 4.39 Å². The Balaban J connectivity index is 1.84. The standard InChI is InChI=1S/C15H23FN2O/c1-11-3-4-12(9-14(11)16)15(17)6-8-18-7-5-13(10-18)19-2/h3-4,9,13,15H,5-8,10,17H2,1-2H3. The molecule has 106 valence electrons. The van der Waals surface area contributed by atoms with E-state index < -0.39 is 0 Å². The molecule has 0 saturated carbocycles. The van der Waals surface area contributed by atoms with Crippen LogP contribution < -0.4 is 5.73 Å². The van der Waals surface area contributed by atoms with Gasteiger partial charge in [-0.3, -0.25) is 0 Å². The van der Waals surface area contributed by atoms with Crippen LogP contribution in [-0.2, 0) is 4.74 Å². The van der Waals surface area contributed by atoms with Gasteiger partial charge in [0.1, 0.15) is 5.82 Å². The monoisotopic (exact) mass is 266 g/mol. The lowest BCUT2D eigenvalue weighted by atomic mass is 10.0. The summed E-state index contributed by atoms with van der Waals surface area (Å²) >= 11 is 0. The molecule has 0 radical (unpaired) electrons. The van der Waals surface area contributed by atoms with E-state index in [1.807, 2.05) is 6.07 Å². The van der Waals surface area contributed by atoms with Gasteiger partial charge < -0.3 is 15.4 Å². The highest BCUT2D eigenvalue weighted by Gasteiger charge is 2.22. The number of nitrogens with two attached hydrogens (primary N) is 1. The second kappa shape index (κ2) is 6.46. The maximum atomic E-state index is 13.5. The summed E-state index contributed by atoms with van der Waals surface area (Å²) in [5, 5.41) is 0. The van der Waals surface area contributed by atoms with Crippen LogP contribution in [0.1, 0.15) is 30.0 Å². The van der Waals surface area contributed by atoms with Crippen molar-refractivity contribution in [3.63, 3.8) is 0 Å². The van der Waals surface area contributed by atoms with Crippen molar-refractivity contribution in [2.75, 3.05) is 26.7 Å². The summed E-state index contributed by atoms with van der Waals surface area (Å²) in [5.74, 6) is -0.173. The van der Waals surface area contributed by atoms with Gasteiger partial charge in [0.2, 0.25) is 0 Å². The molecule has 0 bridgehead atoms. The molecule has 0 amide bonds. The Bertz CT molecular complexity index is 425. The van der Waals surface area contributed by atoms with Crippen molar-refractivity contribution in [3.8, 4) is 0 Å². The molecule has 19 heavy (non-hydrogen) atoms. The van der Waals surface area contributed by atoms with Crippen molar-refractivity contribution in [1.82, 2.24) is 4.90 Å². The van der Waals surface area contributed by atoms with Crippen molar-refractivity contribution >= 4 is 0 Å². The predicted octanol–water partition coefficient (Wildman–Crippen LogP) is 2.24. The number of nitrogens with zero attached hydrogens (tertiary/aromatic N) is 1. The predicted molar refractivity (Wildman–Crippen MR) is 74.5 cm³/mol. The minimum absolute atomic E-state index is 0.100. The Hall–Kier alpha value is -0.970. The number of hydrogen-bond acceptors (Lipinski definition) is 3. The molecule has 3 nitrogen and oxygen atoms in total. The second-order valence-corrected chi connectivity index (χ2v) is 5.35. The number of hydrogen-bond donors (Lipinski definition) is 1. The van der Waals surface area contributed by atoms with Crippen LogP contribution in [0.3, 0.4) is 0 Å². The Kier molecular flexibility index (Phi) is 4.91. The molecule has 1 aliphatic heterocycles. The maximum Gasteiger partial charge on any atom is 0.126 e. The smallest absolute Gasteiger partial charge is 0.126 e. The highest BCUT2D eigenvalue weighted by Crippen LogP contribution is 2.19. The first-order valence-electron chi connectivity index (χ1n) is 6.87. The third kappa shape index (κ3) is 3.75. The summed E-state index contributed by atoms with van der Waals surface area (Å²) in [4.78, 5) is 2.36. The van der Waals surface area contributed by atoms with Crippen LogP contribution in [0.2, 0.25) is 0 Å². The zero-order valence-corrected chi connectivity index (χ0v) is 11.7. The number of benzene rings is 1. The number of ether oxygens (including phenoxy) is 1. The molecular formula is C15H23FN2O. The summed E-state index contributed by atoms with van der Waals surface area (Å²) < 4.78 is 18.8. The fourth-order valence-corrected chi connectivity index (χ4v) is 2.52. The molecule has 2 atom stereocenters. The van der Waals surface area contributed by atoms with Gasteiger partial charge in [-0.2, -0.15) is 0 Å². The van der Waals surface area contributed by atoms with Gasteiger partial charge in [0.05, 0.1) is 6.10 Å². The topological polar surface area (TPSA) is 38.5 Å². The summed E-state index contributed by atoms with van der Waals surface area (Å²) in [7, 11) is 1.76. The van der Waals surface area contributed by atoms with Crippen LogP contribution >= 0.6 is 0 Å². The van der Waals surface area contributed by atoms with Gasteiger partial charge in [-0.1, -0.05) is 12.1 Å². The van der Waals surface area contributed by atoms with Crippen molar-refractivity contribution in [2.45, 2.75) is 31.9 Å². The van der Waals surface area contributed by atoms with Gasteiger partial charge in [0.15, 0.2) is 0 Å². The Morgan fingerprint density at radius 3 is 2.95 bits per heavy atom. The molecule has 1 aromatic rings. The van der Waals surface area contributed by atoms with Gasteiger partial charge in [-0.15, -0.1) is 0 Å². The second-order valence-electron chi connectivity index (χ2n) is 5.35. The maximum absolute atomic E-state index is 13.5. The van der Waals surface area contributed by atoms with Gasteiger partial charge in [0, 0.05) is 32.8 Å². The van der Waals surface area contributed by atoms with E-state index in [2.05, 4.69) is 4.90 Å². The molecule has 1 fully saturated rings. The molecule has 2 rings (SSSR count). The fourth-order valence-electron chi connectivity index (χ4n) is 2.52. The van der Waals surface area contributed by atoms with Crippen molar-refractivity contribution in [1.29, 1.82) is 0 Å². The lowest BCUT2D eigenvalue weighted by Gasteiger charge is -2.19. The van der Waals surface area contributed by atoms with Crippen LogP contribution in [0.25, 0.3) is 0 Å². The number of methoxy groups -OCH3 is 1. The van der Waals surface area contributed by atoms with Crippen LogP contribution in [0.15, 0.2) is 18.2 Å². The van der Waals surface area contributed by atoms with E-state index in [1.165, 1.54) is 0 Å². The lowest BCUT2D eigenvalue weighted by molar-refractivity contribution is 0.108. The number of aryl methyl sites for hydroxylation is 1. The van der Waals surface area contributed by atoms with Gasteiger partial charge >= 0.3 is 0 Å². The van der Waals surface area contributed by atoms with Crippen molar-refractivity contribution in [2.24, 2.45) is 5.73 Å². The molecule has 2 N–H and O–H groups in total. The number of rotatable bonds is 5. The van der Waals surface area contributed by atoms with E-state index in [9.17, 15) is 4.39 Å². The van der Waals surface area contributed by atoms with Crippen LogP contribution in [0.4, 0.5) is 4.39 Å². The molecule has 1 aromatic carbocycles. The van der Waals surface area contributed by atoms with Crippen molar-refractivity contribution < 1.29 is 9.13 Å². The third-order valence-corrected chi connectivity index (χ3v) is 3.94. The Morgan fingerprint density at radius 2 is 2.32 bits per heavy atom. The molecule has 1 heterocycles. The van der Waals surface area contributed by atoms with E-state index in [0.29, 0.717) is 11.7 Å². The molecule has 0 aliphatic carbocycles. The third-order valence-electron chi connectivity index (χ3n) is 3.94. The minimum Gasteiger partial charge on any atom is -0.380 e. The summed E-state index contributed by atoms with van der Waals surface area (Å²) in [6, 6.07) is 5.17. The summed E-state index contributed by atoms with van der Waals surface area (Å²) in [6.07, 6.45) is 2.29. The van der Waals surface area contributed by atoms with E-state index in [0.717, 1.165) is 38.0 Å². The van der Waals surface area contributed by atoms with Crippen LogP contribution in [0.5, 0.6) is 0 Å². The average molecular weight is 266 g/mol. The molecule has 0 aromatic heterocycles. The Morgan fingerprint density at radius 1 is 1.53 bits per heavy atom. The Labute approximate surface area is 114 Å². The fraction of sp³-hybridized carbons (Fsp3) is 0.600. The zero-order valence-electron chi connectivity index (χ0n) is 11.7. The molecule has 2 unspecified atom stereocenters. The molecule has 1 aliphatic rings. The van der Waals surface area contributed by atoms with E-state index in [-0.39, 0.29) is 11.9 Å². The first-order valence-corrected chi connectivity index (χ1v) is 6.87. The highest BCUT2D eigenvalue weighted by atomic mass is 19.1. The highest BCUT2D eigenvalue weighted by molar-refractivity contribution is 5.25. The largest absolute Gasteiger partial charge is 0.380 e. The minimum atomic E-state index is -0.173.